The number of anilines is 2. The van der Waals surface area contributed by atoms with Crippen molar-refractivity contribution in [1.29, 1.82) is 0 Å². The van der Waals surface area contributed by atoms with Crippen LogP contribution in [0.2, 0.25) is 0 Å². The Hall–Kier alpha value is -3.85. The Morgan fingerprint density at radius 1 is 0.871 bits per heavy atom. The highest BCUT2D eigenvalue weighted by molar-refractivity contribution is 7.99. The Balaban J connectivity index is 1.43. The number of amides is 1. The third kappa shape index (κ3) is 4.36. The highest BCUT2D eigenvalue weighted by Gasteiger charge is 2.28. The van der Waals surface area contributed by atoms with Crippen LogP contribution in [0.1, 0.15) is 0 Å². The van der Waals surface area contributed by atoms with E-state index in [-0.39, 0.29) is 11.4 Å². The molecule has 0 unspecified atom stereocenters. The molecule has 1 amide bonds. The summed E-state index contributed by atoms with van der Waals surface area (Å²) in [7, 11) is 0. The number of fused-ring (bicyclic) bond motifs is 2. The Kier molecular flexibility index (Phi) is 5.85. The standard InChI is InChI=1S/C22H16N2O6S/c25-21(13-30-22(26)14-29-18-10-4-1-7-15(18)24(27)28)23-16-8-2-5-11-19(16)31-20-12-6-3-9-17(20)23/h1-12H,13-14H2. The van der Waals surface area contributed by atoms with Crippen LogP contribution in [0.3, 0.4) is 0 Å². The summed E-state index contributed by atoms with van der Waals surface area (Å²) in [6.45, 7) is -1.05. The predicted molar refractivity (Wildman–Crippen MR) is 114 cm³/mol. The SMILES string of the molecule is O=C(COc1ccccc1[N+](=O)[O-])OCC(=O)N1c2ccccc2Sc2ccccc21. The minimum atomic E-state index is -0.806. The van der Waals surface area contributed by atoms with Gasteiger partial charge in [0.25, 0.3) is 5.91 Å². The fourth-order valence-corrected chi connectivity index (χ4v) is 4.15. The normalized spacial score (nSPS) is 11.8. The zero-order chi connectivity index (χ0) is 21.8. The quantitative estimate of drug-likeness (QED) is 0.322. The summed E-state index contributed by atoms with van der Waals surface area (Å²) in [5, 5.41) is 11.0. The molecule has 4 rings (SSSR count). The Labute approximate surface area is 181 Å². The molecule has 0 saturated carbocycles. The van der Waals surface area contributed by atoms with Gasteiger partial charge in [0.15, 0.2) is 19.0 Å². The van der Waals surface area contributed by atoms with E-state index in [0.717, 1.165) is 9.79 Å². The Morgan fingerprint density at radius 3 is 2.10 bits per heavy atom. The number of hydrogen-bond donors (Lipinski definition) is 0. The summed E-state index contributed by atoms with van der Waals surface area (Å²) in [5.41, 5.74) is 1.16. The molecule has 0 spiro atoms. The lowest BCUT2D eigenvalue weighted by atomic mass is 10.2. The van der Waals surface area contributed by atoms with Crippen LogP contribution in [-0.2, 0) is 14.3 Å². The summed E-state index contributed by atoms with van der Waals surface area (Å²) in [5.74, 6) is -1.27. The summed E-state index contributed by atoms with van der Waals surface area (Å²) in [4.78, 5) is 38.8. The molecule has 3 aromatic rings. The minimum Gasteiger partial charge on any atom is -0.475 e. The molecule has 1 aliphatic rings. The zero-order valence-electron chi connectivity index (χ0n) is 16.1. The Bertz CT molecular complexity index is 1120. The minimum absolute atomic E-state index is 0.0494. The number of benzene rings is 3. The molecule has 0 fully saturated rings. The first-order valence-electron chi connectivity index (χ1n) is 9.25. The van der Waals surface area contributed by atoms with Crippen molar-refractivity contribution in [3.8, 4) is 5.75 Å². The van der Waals surface area contributed by atoms with Gasteiger partial charge in [-0.3, -0.25) is 19.8 Å². The molecule has 0 saturated heterocycles. The van der Waals surface area contributed by atoms with E-state index in [1.807, 2.05) is 48.5 Å². The molecule has 0 atom stereocenters. The summed E-state index contributed by atoms with van der Waals surface area (Å²) in [6, 6.07) is 20.7. The average Bonchev–Trinajstić information content (AvgIpc) is 2.79. The second kappa shape index (κ2) is 8.88. The molecular weight excluding hydrogens is 420 g/mol. The van der Waals surface area contributed by atoms with Crippen LogP contribution in [-0.4, -0.2) is 30.0 Å². The Morgan fingerprint density at radius 2 is 1.45 bits per heavy atom. The number of nitro benzene ring substituents is 1. The van der Waals surface area contributed by atoms with Gasteiger partial charge in [0.05, 0.1) is 16.3 Å². The van der Waals surface area contributed by atoms with Gasteiger partial charge in [-0.15, -0.1) is 0 Å². The van der Waals surface area contributed by atoms with Gasteiger partial charge < -0.3 is 9.47 Å². The first kappa shape index (κ1) is 20.4. The monoisotopic (exact) mass is 436 g/mol. The average molecular weight is 436 g/mol. The molecule has 3 aromatic carbocycles. The molecule has 0 N–H and O–H groups in total. The van der Waals surface area contributed by atoms with Crippen molar-refractivity contribution in [3.63, 3.8) is 0 Å². The lowest BCUT2D eigenvalue weighted by Crippen LogP contribution is -2.33. The topological polar surface area (TPSA) is 99.0 Å². The van der Waals surface area contributed by atoms with Crippen LogP contribution >= 0.6 is 11.8 Å². The molecule has 31 heavy (non-hydrogen) atoms. The van der Waals surface area contributed by atoms with Gasteiger partial charge in [-0.2, -0.15) is 0 Å². The van der Waals surface area contributed by atoms with E-state index in [4.69, 9.17) is 9.47 Å². The van der Waals surface area contributed by atoms with E-state index in [1.165, 1.54) is 23.1 Å². The molecule has 0 bridgehead atoms. The van der Waals surface area contributed by atoms with Crippen LogP contribution in [0, 0.1) is 10.1 Å². The maximum atomic E-state index is 13.0. The second-order valence-electron chi connectivity index (χ2n) is 6.44. The van der Waals surface area contributed by atoms with E-state index in [1.54, 1.807) is 17.8 Å². The maximum absolute atomic E-state index is 13.0. The largest absolute Gasteiger partial charge is 0.475 e. The third-order valence-electron chi connectivity index (χ3n) is 4.45. The summed E-state index contributed by atoms with van der Waals surface area (Å²) < 4.78 is 10.3. The smallest absolute Gasteiger partial charge is 0.344 e. The van der Waals surface area contributed by atoms with E-state index in [0.29, 0.717) is 11.4 Å². The van der Waals surface area contributed by atoms with Crippen molar-refractivity contribution < 1.29 is 24.0 Å². The number of para-hydroxylation sites is 4. The zero-order valence-corrected chi connectivity index (χ0v) is 16.9. The van der Waals surface area contributed by atoms with Gasteiger partial charge in [-0.25, -0.2) is 4.79 Å². The van der Waals surface area contributed by atoms with Crippen molar-refractivity contribution in [2.45, 2.75) is 9.79 Å². The first-order chi connectivity index (χ1) is 15.0. The van der Waals surface area contributed by atoms with Crippen LogP contribution in [0.15, 0.2) is 82.6 Å². The molecular formula is C22H16N2O6S. The highest BCUT2D eigenvalue weighted by atomic mass is 32.2. The summed E-state index contributed by atoms with van der Waals surface area (Å²) >= 11 is 1.56. The molecule has 9 heteroatoms. The number of carbonyl (C=O) groups is 2. The highest BCUT2D eigenvalue weighted by Crippen LogP contribution is 2.47. The van der Waals surface area contributed by atoms with Crippen LogP contribution in [0.4, 0.5) is 17.1 Å². The van der Waals surface area contributed by atoms with Crippen molar-refractivity contribution in [1.82, 2.24) is 0 Å². The molecule has 1 heterocycles. The van der Waals surface area contributed by atoms with Gasteiger partial charge in [0.1, 0.15) is 0 Å². The number of esters is 1. The summed E-state index contributed by atoms with van der Waals surface area (Å²) in [6.07, 6.45) is 0. The van der Waals surface area contributed by atoms with Gasteiger partial charge in [-0.05, 0) is 30.3 Å². The lowest BCUT2D eigenvalue weighted by molar-refractivity contribution is -0.385. The number of ether oxygens (including phenoxy) is 2. The van der Waals surface area contributed by atoms with Crippen molar-refractivity contribution >= 4 is 40.7 Å². The molecule has 156 valence electrons. The van der Waals surface area contributed by atoms with Gasteiger partial charge in [-0.1, -0.05) is 48.2 Å². The van der Waals surface area contributed by atoms with E-state index >= 15 is 0 Å². The van der Waals surface area contributed by atoms with Crippen LogP contribution in [0.25, 0.3) is 0 Å². The maximum Gasteiger partial charge on any atom is 0.344 e. The van der Waals surface area contributed by atoms with Crippen molar-refractivity contribution in [2.24, 2.45) is 0 Å². The molecule has 0 aliphatic carbocycles. The fourth-order valence-electron chi connectivity index (χ4n) is 3.09. The third-order valence-corrected chi connectivity index (χ3v) is 5.58. The predicted octanol–water partition coefficient (Wildman–Crippen LogP) is 4.35. The van der Waals surface area contributed by atoms with E-state index in [9.17, 15) is 19.7 Å². The van der Waals surface area contributed by atoms with Crippen molar-refractivity contribution in [3.05, 3.63) is 82.9 Å². The second-order valence-corrected chi connectivity index (χ2v) is 7.52. The molecule has 0 radical (unpaired) electrons. The van der Waals surface area contributed by atoms with E-state index < -0.39 is 30.0 Å². The number of hydrogen-bond acceptors (Lipinski definition) is 7. The van der Waals surface area contributed by atoms with E-state index in [2.05, 4.69) is 0 Å². The van der Waals surface area contributed by atoms with Crippen LogP contribution < -0.4 is 9.64 Å². The number of nitrogens with zero attached hydrogens (tertiary/aromatic N) is 2. The fraction of sp³-hybridized carbons (Fsp3) is 0.0909. The molecule has 0 aromatic heterocycles. The number of carbonyl (C=O) groups excluding carboxylic acids is 2. The molecule has 1 aliphatic heterocycles. The van der Waals surface area contributed by atoms with Gasteiger partial charge in [0, 0.05) is 15.9 Å². The van der Waals surface area contributed by atoms with Crippen molar-refractivity contribution in [2.75, 3.05) is 18.1 Å². The van der Waals surface area contributed by atoms with Crippen LogP contribution in [0.5, 0.6) is 5.75 Å². The van der Waals surface area contributed by atoms with Gasteiger partial charge in [0.2, 0.25) is 0 Å². The number of rotatable bonds is 6. The number of nitro groups is 1. The molecule has 8 nitrogen and oxygen atoms in total. The first-order valence-corrected chi connectivity index (χ1v) is 10.1. The lowest BCUT2D eigenvalue weighted by Gasteiger charge is -2.30. The van der Waals surface area contributed by atoms with Gasteiger partial charge >= 0.3 is 11.7 Å².